The van der Waals surface area contributed by atoms with E-state index in [1.807, 2.05) is 0 Å². The Morgan fingerprint density at radius 3 is 1.71 bits per heavy atom. The van der Waals surface area contributed by atoms with E-state index in [0.29, 0.717) is 0 Å². The number of rotatable bonds is 1. The molecule has 0 fully saturated rings. The van der Waals surface area contributed by atoms with Crippen molar-refractivity contribution in [1.82, 2.24) is 0 Å². The van der Waals surface area contributed by atoms with Crippen molar-refractivity contribution in [1.29, 1.82) is 0 Å². The molecule has 0 aromatic carbocycles. The molecule has 0 spiro atoms. The van der Waals surface area contributed by atoms with Gasteiger partial charge in [0.15, 0.2) is 0 Å². The Balaban J connectivity index is 3.54. The third kappa shape index (κ3) is 2.52. The Morgan fingerprint density at radius 1 is 1.57 bits per heavy atom. The second-order valence-corrected chi connectivity index (χ2v) is 1.46. The van der Waals surface area contributed by atoms with Crippen LogP contribution in [0.3, 0.4) is 0 Å². The Labute approximate surface area is 41.2 Å². The van der Waals surface area contributed by atoms with Crippen molar-refractivity contribution in [3.05, 3.63) is 0 Å². The lowest BCUT2D eigenvalue weighted by molar-refractivity contribution is -0.214. The number of hydrogen-bond donors (Lipinski definition) is 4. The molecule has 0 aromatic heterocycles. The third-order valence-electron chi connectivity index (χ3n) is 0.615. The van der Waals surface area contributed by atoms with Gasteiger partial charge >= 0.3 is 0 Å². The first-order valence-corrected chi connectivity index (χ1v) is 1.86. The summed E-state index contributed by atoms with van der Waals surface area (Å²) in [6.07, 6.45) is -1.31. The lowest BCUT2D eigenvalue weighted by atomic mass is 10.3. The van der Waals surface area contributed by atoms with Crippen molar-refractivity contribution in [3.8, 4) is 0 Å². The Bertz CT molecular complexity index is 55.7. The van der Waals surface area contributed by atoms with E-state index < -0.39 is 12.0 Å². The van der Waals surface area contributed by atoms with Crippen LogP contribution in [0.2, 0.25) is 0 Å². The Kier molecular flexibility index (Phi) is 1.71. The smallest absolute Gasteiger partial charge is 0.246 e. The molecule has 0 aliphatic heterocycles. The van der Waals surface area contributed by atoms with E-state index in [1.165, 1.54) is 6.92 Å². The molecule has 44 valence electrons. The zero-order valence-electron chi connectivity index (χ0n) is 4.00. The van der Waals surface area contributed by atoms with Crippen LogP contribution in [0.15, 0.2) is 0 Å². The van der Waals surface area contributed by atoms with Gasteiger partial charge in [0.1, 0.15) is 6.10 Å². The summed E-state index contributed by atoms with van der Waals surface area (Å²) < 4.78 is 0. The van der Waals surface area contributed by atoms with Gasteiger partial charge in [-0.15, -0.1) is 0 Å². The molecule has 4 heteroatoms. The minimum atomic E-state index is -2.44. The van der Waals surface area contributed by atoms with Gasteiger partial charge in [-0.25, -0.2) is 0 Å². The van der Waals surface area contributed by atoms with Crippen LogP contribution in [0.5, 0.6) is 0 Å². The highest BCUT2D eigenvalue weighted by molar-refractivity contribution is 4.59. The maximum Gasteiger partial charge on any atom is 0.246 e. The van der Waals surface area contributed by atoms with Gasteiger partial charge in [-0.2, -0.15) is 0 Å². The van der Waals surface area contributed by atoms with Crippen molar-refractivity contribution in [2.45, 2.75) is 18.9 Å². The van der Waals surface area contributed by atoms with Crippen molar-refractivity contribution in [2.75, 3.05) is 0 Å². The van der Waals surface area contributed by atoms with E-state index in [9.17, 15) is 0 Å². The summed E-state index contributed by atoms with van der Waals surface area (Å²) in [4.78, 5) is 0. The first-order chi connectivity index (χ1) is 2.94. The van der Waals surface area contributed by atoms with Crippen molar-refractivity contribution in [2.24, 2.45) is 5.73 Å². The largest absolute Gasteiger partial charge is 0.386 e. The standard InChI is InChI=1S/C3H9NO3/c1-2(5)3(4,6)7/h2,5-7H,4H2,1H3/t2-/m0/s1. The zero-order chi connectivity index (χ0) is 6.08. The SMILES string of the molecule is C[C@H](O)C(N)(O)O. The van der Waals surface area contributed by atoms with Crippen LogP contribution >= 0.6 is 0 Å². The first kappa shape index (κ1) is 6.84. The molecular weight excluding hydrogens is 98.0 g/mol. The first-order valence-electron chi connectivity index (χ1n) is 1.86. The number of aliphatic hydroxyl groups is 3. The van der Waals surface area contributed by atoms with Crippen molar-refractivity contribution < 1.29 is 15.3 Å². The van der Waals surface area contributed by atoms with Crippen LogP contribution in [0.25, 0.3) is 0 Å². The van der Waals surface area contributed by atoms with Gasteiger partial charge in [-0.05, 0) is 6.92 Å². The summed E-state index contributed by atoms with van der Waals surface area (Å²) in [6.45, 7) is 1.18. The summed E-state index contributed by atoms with van der Waals surface area (Å²) in [6, 6.07) is 0. The number of aliphatic hydroxyl groups excluding tert-OH is 1. The molecule has 0 radical (unpaired) electrons. The second kappa shape index (κ2) is 1.75. The fourth-order valence-electron chi connectivity index (χ4n) is 0. The topological polar surface area (TPSA) is 86.7 Å². The quantitative estimate of drug-likeness (QED) is 0.291. The van der Waals surface area contributed by atoms with E-state index in [0.717, 1.165) is 0 Å². The normalized spacial score (nSPS) is 16.7. The maximum absolute atomic E-state index is 8.26. The molecule has 7 heavy (non-hydrogen) atoms. The molecule has 0 rings (SSSR count). The minimum absolute atomic E-state index is 1.18. The van der Waals surface area contributed by atoms with Crippen LogP contribution in [0.1, 0.15) is 6.92 Å². The summed E-state index contributed by atoms with van der Waals surface area (Å²) in [7, 11) is 0. The number of nitrogens with two attached hydrogens (primary N) is 1. The highest BCUT2D eigenvalue weighted by Crippen LogP contribution is 1.93. The lowest BCUT2D eigenvalue weighted by Gasteiger charge is -2.17. The third-order valence-corrected chi connectivity index (χ3v) is 0.615. The fourth-order valence-corrected chi connectivity index (χ4v) is 0. The van der Waals surface area contributed by atoms with Crippen LogP contribution in [-0.2, 0) is 0 Å². The summed E-state index contributed by atoms with van der Waals surface area (Å²) in [5, 5.41) is 24.6. The molecule has 0 saturated heterocycles. The molecular formula is C3H9NO3. The van der Waals surface area contributed by atoms with E-state index in [-0.39, 0.29) is 0 Å². The second-order valence-electron chi connectivity index (χ2n) is 1.46. The molecule has 0 aromatic rings. The zero-order valence-corrected chi connectivity index (χ0v) is 4.00. The molecule has 4 nitrogen and oxygen atoms in total. The lowest BCUT2D eigenvalue weighted by Crippen LogP contribution is -2.49. The van der Waals surface area contributed by atoms with Crippen LogP contribution < -0.4 is 5.73 Å². The number of hydrogen-bond acceptors (Lipinski definition) is 4. The van der Waals surface area contributed by atoms with Crippen molar-refractivity contribution >= 4 is 0 Å². The van der Waals surface area contributed by atoms with Gasteiger partial charge in [-0.1, -0.05) is 0 Å². The highest BCUT2D eigenvalue weighted by Gasteiger charge is 2.22. The average molecular weight is 107 g/mol. The van der Waals surface area contributed by atoms with Gasteiger partial charge in [0, 0.05) is 0 Å². The molecule has 0 heterocycles. The predicted octanol–water partition coefficient (Wildman–Crippen LogP) is -2.04. The maximum atomic E-state index is 8.26. The highest BCUT2D eigenvalue weighted by atomic mass is 16.5. The molecule has 0 aliphatic carbocycles. The predicted molar refractivity (Wildman–Crippen MR) is 23.0 cm³/mol. The van der Waals surface area contributed by atoms with Crippen LogP contribution in [-0.4, -0.2) is 27.3 Å². The summed E-state index contributed by atoms with van der Waals surface area (Å²) >= 11 is 0. The van der Waals surface area contributed by atoms with Crippen LogP contribution in [0.4, 0.5) is 0 Å². The van der Waals surface area contributed by atoms with Crippen molar-refractivity contribution in [3.63, 3.8) is 0 Å². The van der Waals surface area contributed by atoms with Gasteiger partial charge in [0.05, 0.1) is 0 Å². The van der Waals surface area contributed by atoms with Gasteiger partial charge < -0.3 is 15.3 Å². The summed E-state index contributed by atoms with van der Waals surface area (Å²) in [5.41, 5.74) is 4.54. The molecule has 5 N–H and O–H groups in total. The van der Waals surface area contributed by atoms with E-state index in [1.54, 1.807) is 0 Å². The molecule has 0 amide bonds. The van der Waals surface area contributed by atoms with E-state index in [2.05, 4.69) is 5.73 Å². The van der Waals surface area contributed by atoms with E-state index in [4.69, 9.17) is 15.3 Å². The molecule has 0 aliphatic rings. The van der Waals surface area contributed by atoms with Gasteiger partial charge in [-0.3, -0.25) is 5.73 Å². The fraction of sp³-hybridized carbons (Fsp3) is 1.00. The van der Waals surface area contributed by atoms with Gasteiger partial charge in [0.25, 0.3) is 0 Å². The summed E-state index contributed by atoms with van der Waals surface area (Å²) in [5.74, 6) is -2.44. The van der Waals surface area contributed by atoms with E-state index >= 15 is 0 Å². The Hall–Kier alpha value is -0.160. The minimum Gasteiger partial charge on any atom is -0.386 e. The van der Waals surface area contributed by atoms with Crippen LogP contribution in [0, 0.1) is 0 Å². The molecule has 0 bridgehead atoms. The monoisotopic (exact) mass is 107 g/mol. The molecule has 1 atom stereocenters. The molecule has 0 saturated carbocycles. The Morgan fingerprint density at radius 2 is 1.71 bits per heavy atom. The van der Waals surface area contributed by atoms with Gasteiger partial charge in [0.2, 0.25) is 5.91 Å². The molecule has 0 unspecified atom stereocenters. The average Bonchev–Trinajstić information content (AvgIpc) is 1.31.